The maximum Gasteiger partial charge on any atom is 0.490 e. The Labute approximate surface area is 149 Å². The normalized spacial score (nSPS) is 28.1. The quantitative estimate of drug-likeness (QED) is 0.791. The van der Waals surface area contributed by atoms with Crippen molar-refractivity contribution in [3.8, 4) is 0 Å². The van der Waals surface area contributed by atoms with E-state index in [0.717, 1.165) is 30.3 Å². The monoisotopic (exact) mass is 343 g/mol. The highest BCUT2D eigenvalue weighted by Crippen LogP contribution is 2.41. The summed E-state index contributed by atoms with van der Waals surface area (Å²) in [5.74, 6) is 0. The lowest BCUT2D eigenvalue weighted by molar-refractivity contribution is 0.00578. The molecule has 1 unspecified atom stereocenters. The van der Waals surface area contributed by atoms with Gasteiger partial charge in [-0.25, -0.2) is 0 Å². The molecule has 0 N–H and O–H groups in total. The first-order valence-corrected chi connectivity index (χ1v) is 9.17. The minimum atomic E-state index is -0.342. The van der Waals surface area contributed by atoms with Gasteiger partial charge in [-0.1, -0.05) is 6.08 Å². The van der Waals surface area contributed by atoms with E-state index in [1.807, 2.05) is 16.8 Å². The van der Waals surface area contributed by atoms with Gasteiger partial charge in [-0.15, -0.1) is 0 Å². The highest BCUT2D eigenvalue weighted by Gasteiger charge is 2.52. The lowest BCUT2D eigenvalue weighted by atomic mass is 9.74. The van der Waals surface area contributed by atoms with Gasteiger partial charge in [0.25, 0.3) is 5.56 Å². The summed E-state index contributed by atoms with van der Waals surface area (Å²) < 4.78 is 20.1. The summed E-state index contributed by atoms with van der Waals surface area (Å²) in [6, 6.07) is 3.88. The summed E-state index contributed by atoms with van der Waals surface area (Å²) in [6.45, 7) is 8.89. The first-order chi connectivity index (χ1) is 11.8. The summed E-state index contributed by atoms with van der Waals surface area (Å²) in [5, 5.41) is 0. The van der Waals surface area contributed by atoms with Gasteiger partial charge in [-0.05, 0) is 58.5 Å². The highest BCUT2D eigenvalue weighted by molar-refractivity contribution is 6.54. The molecule has 5 nitrogen and oxygen atoms in total. The molecular weight excluding hydrogens is 317 g/mol. The second-order valence-electron chi connectivity index (χ2n) is 8.31. The molecule has 0 spiro atoms. The van der Waals surface area contributed by atoms with Crippen LogP contribution in [0.1, 0.15) is 64.7 Å². The first kappa shape index (κ1) is 17.1. The van der Waals surface area contributed by atoms with E-state index in [-0.39, 0.29) is 30.0 Å². The van der Waals surface area contributed by atoms with Crippen molar-refractivity contribution in [1.82, 2.24) is 4.57 Å². The number of rotatable bonds is 3. The molecule has 0 amide bonds. The van der Waals surface area contributed by atoms with Crippen LogP contribution < -0.4 is 5.56 Å². The molecule has 1 aliphatic carbocycles. The molecule has 0 aromatic carbocycles. The molecule has 2 aliphatic heterocycles. The second-order valence-corrected chi connectivity index (χ2v) is 8.31. The van der Waals surface area contributed by atoms with Crippen molar-refractivity contribution < 1.29 is 14.0 Å². The largest absolute Gasteiger partial charge is 0.490 e. The average molecular weight is 343 g/mol. The Morgan fingerprint density at radius 3 is 2.44 bits per heavy atom. The van der Waals surface area contributed by atoms with Crippen molar-refractivity contribution in [1.29, 1.82) is 0 Å². The van der Waals surface area contributed by atoms with Gasteiger partial charge < -0.3 is 18.6 Å². The summed E-state index contributed by atoms with van der Waals surface area (Å²) >= 11 is 0. The van der Waals surface area contributed by atoms with Crippen molar-refractivity contribution in [2.75, 3.05) is 6.61 Å². The van der Waals surface area contributed by atoms with Crippen LogP contribution in [-0.4, -0.2) is 29.5 Å². The Morgan fingerprint density at radius 2 is 1.80 bits per heavy atom. The number of aromatic nitrogens is 1. The molecular formula is C19H26BNO4. The van der Waals surface area contributed by atoms with Crippen LogP contribution in [0.25, 0.3) is 0 Å². The Bertz CT molecular complexity index is 747. The van der Waals surface area contributed by atoms with Gasteiger partial charge in [-0.3, -0.25) is 4.79 Å². The van der Waals surface area contributed by atoms with Crippen molar-refractivity contribution in [3.63, 3.8) is 0 Å². The molecule has 1 atom stereocenters. The fourth-order valence-corrected chi connectivity index (χ4v) is 3.34. The Hall–Kier alpha value is -1.37. The number of hydrogen-bond acceptors (Lipinski definition) is 4. The molecule has 134 valence electrons. The fourth-order valence-electron chi connectivity index (χ4n) is 3.34. The summed E-state index contributed by atoms with van der Waals surface area (Å²) in [4.78, 5) is 12.0. The summed E-state index contributed by atoms with van der Waals surface area (Å²) in [5.41, 5.74) is 1.52. The molecule has 1 saturated carbocycles. The van der Waals surface area contributed by atoms with Gasteiger partial charge in [-0.2, -0.15) is 0 Å². The van der Waals surface area contributed by atoms with Crippen LogP contribution in [-0.2, 0) is 14.0 Å². The minimum Gasteiger partial charge on any atom is -0.400 e. The van der Waals surface area contributed by atoms with Gasteiger partial charge >= 0.3 is 7.12 Å². The second kappa shape index (κ2) is 5.83. The van der Waals surface area contributed by atoms with Crippen molar-refractivity contribution >= 4 is 7.12 Å². The van der Waals surface area contributed by atoms with E-state index in [9.17, 15) is 4.79 Å². The predicted molar refractivity (Wildman–Crippen MR) is 96.4 cm³/mol. The zero-order valence-electron chi connectivity index (χ0n) is 15.5. The minimum absolute atomic E-state index is 0.0669. The van der Waals surface area contributed by atoms with Crippen LogP contribution >= 0.6 is 0 Å². The maximum absolute atomic E-state index is 12.0. The third-order valence-electron chi connectivity index (χ3n) is 5.84. The van der Waals surface area contributed by atoms with Crippen molar-refractivity contribution in [2.45, 2.75) is 70.3 Å². The van der Waals surface area contributed by atoms with Crippen molar-refractivity contribution in [3.05, 3.63) is 45.8 Å². The van der Waals surface area contributed by atoms with Crippen LogP contribution in [0.3, 0.4) is 0 Å². The maximum atomic E-state index is 12.0. The molecule has 0 radical (unpaired) electrons. The Morgan fingerprint density at radius 1 is 1.12 bits per heavy atom. The van der Waals surface area contributed by atoms with E-state index in [2.05, 4.69) is 33.8 Å². The van der Waals surface area contributed by atoms with E-state index >= 15 is 0 Å². The molecule has 1 saturated heterocycles. The Kier molecular flexibility index (Phi) is 3.98. The van der Waals surface area contributed by atoms with Crippen LogP contribution in [0.5, 0.6) is 0 Å². The fraction of sp³-hybridized carbons (Fsp3) is 0.632. The third-order valence-corrected chi connectivity index (χ3v) is 5.84. The number of hydrogen-bond donors (Lipinski definition) is 0. The summed E-state index contributed by atoms with van der Waals surface area (Å²) in [7, 11) is -0.328. The number of ether oxygens (including phenoxy) is 1. The molecule has 6 heteroatoms. The molecule has 3 heterocycles. The molecule has 25 heavy (non-hydrogen) atoms. The number of pyridine rings is 1. The molecule has 2 fully saturated rings. The van der Waals surface area contributed by atoms with E-state index in [0.29, 0.717) is 12.6 Å². The van der Waals surface area contributed by atoms with Crippen LogP contribution in [0.4, 0.5) is 0 Å². The molecule has 3 aliphatic rings. The van der Waals surface area contributed by atoms with Gasteiger partial charge in [0.2, 0.25) is 0 Å². The average Bonchev–Trinajstić information content (AvgIpc) is 3.36. The van der Waals surface area contributed by atoms with Gasteiger partial charge in [0.15, 0.2) is 0 Å². The topological polar surface area (TPSA) is 49.7 Å². The van der Waals surface area contributed by atoms with E-state index in [1.165, 1.54) is 0 Å². The van der Waals surface area contributed by atoms with E-state index in [4.69, 9.17) is 14.0 Å². The molecule has 1 aromatic rings. The van der Waals surface area contributed by atoms with Crippen LogP contribution in [0.15, 0.2) is 34.7 Å². The van der Waals surface area contributed by atoms with Gasteiger partial charge in [0.1, 0.15) is 6.10 Å². The predicted octanol–water partition coefficient (Wildman–Crippen LogP) is 3.20. The van der Waals surface area contributed by atoms with Gasteiger partial charge in [0.05, 0.1) is 17.8 Å². The first-order valence-electron chi connectivity index (χ1n) is 9.17. The van der Waals surface area contributed by atoms with Gasteiger partial charge in [0, 0.05) is 23.9 Å². The zero-order chi connectivity index (χ0) is 17.8. The highest BCUT2D eigenvalue weighted by atomic mass is 16.7. The standard InChI is InChI=1S/C19H26BNO4/c1-18(2)19(3,4)25-20(24-18)14-9-10-23-16(11-14)13-5-8-17(22)21(12-13)15-6-7-15/h5,8,11-12,15-16H,6-7,9-10H2,1-4H3. The SMILES string of the molecule is CC1(C)OB(C2=CC(c3ccc(=O)n(C4CC4)c3)OCC2)OC1(C)C. The van der Waals surface area contributed by atoms with Crippen LogP contribution in [0, 0.1) is 0 Å². The smallest absolute Gasteiger partial charge is 0.400 e. The van der Waals surface area contributed by atoms with E-state index in [1.54, 1.807) is 6.07 Å². The molecule has 4 rings (SSSR count). The zero-order valence-corrected chi connectivity index (χ0v) is 15.5. The lowest BCUT2D eigenvalue weighted by Crippen LogP contribution is -2.41. The van der Waals surface area contributed by atoms with Crippen molar-refractivity contribution in [2.24, 2.45) is 0 Å². The van der Waals surface area contributed by atoms with Crippen LogP contribution in [0.2, 0.25) is 0 Å². The summed E-state index contributed by atoms with van der Waals surface area (Å²) in [6.07, 6.45) is 6.87. The molecule has 0 bridgehead atoms. The number of nitrogens with zero attached hydrogens (tertiary/aromatic N) is 1. The molecule has 1 aromatic heterocycles. The Balaban J connectivity index is 1.59. The lowest BCUT2D eigenvalue weighted by Gasteiger charge is -2.32. The van der Waals surface area contributed by atoms with E-state index < -0.39 is 0 Å². The third kappa shape index (κ3) is 3.11.